The van der Waals surface area contributed by atoms with Gasteiger partial charge in [0.15, 0.2) is 5.69 Å². The van der Waals surface area contributed by atoms with Crippen molar-refractivity contribution < 1.29 is 26.3 Å². The van der Waals surface area contributed by atoms with Crippen LogP contribution in [0.15, 0.2) is 59.5 Å². The first-order valence-electron chi connectivity index (χ1n) is 9.13. The summed E-state index contributed by atoms with van der Waals surface area (Å²) in [4.78, 5) is -0.149. The van der Waals surface area contributed by atoms with Gasteiger partial charge in [-0.15, -0.1) is 0 Å². The van der Waals surface area contributed by atoms with Gasteiger partial charge in [-0.25, -0.2) is 18.2 Å². The third kappa shape index (κ3) is 5.00. The minimum Gasteiger partial charge on any atom is -0.494 e. The summed E-state index contributed by atoms with van der Waals surface area (Å²) in [7, 11) is -3.92. The molecule has 0 fully saturated rings. The lowest BCUT2D eigenvalue weighted by Crippen LogP contribution is -2.12. The maximum absolute atomic E-state index is 13.3. The number of halogens is 3. The van der Waals surface area contributed by atoms with E-state index in [-0.39, 0.29) is 16.3 Å². The normalized spacial score (nSPS) is 12.2. The van der Waals surface area contributed by atoms with E-state index in [0.717, 1.165) is 23.6 Å². The van der Waals surface area contributed by atoms with E-state index in [2.05, 4.69) is 5.10 Å². The van der Waals surface area contributed by atoms with E-state index < -0.39 is 21.9 Å². The summed E-state index contributed by atoms with van der Waals surface area (Å²) in [6, 6.07) is 12.7. The molecule has 0 atom stereocenters. The van der Waals surface area contributed by atoms with Crippen molar-refractivity contribution in [2.75, 3.05) is 6.61 Å². The number of rotatable bonds is 7. The highest BCUT2D eigenvalue weighted by molar-refractivity contribution is 7.89. The number of hydrogen-bond acceptors (Lipinski definition) is 4. The van der Waals surface area contributed by atoms with Gasteiger partial charge < -0.3 is 4.74 Å². The Morgan fingerprint density at radius 2 is 1.70 bits per heavy atom. The van der Waals surface area contributed by atoms with E-state index in [9.17, 15) is 21.6 Å². The Hall–Kier alpha value is -2.85. The molecule has 3 rings (SSSR count). The number of ether oxygens (including phenoxy) is 1. The molecule has 0 amide bonds. The lowest BCUT2D eigenvalue weighted by atomic mass is 10.1. The van der Waals surface area contributed by atoms with Crippen molar-refractivity contribution in [1.29, 1.82) is 0 Å². The van der Waals surface area contributed by atoms with Crippen LogP contribution in [0.2, 0.25) is 0 Å². The van der Waals surface area contributed by atoms with Gasteiger partial charge in [0.25, 0.3) is 0 Å². The summed E-state index contributed by atoms with van der Waals surface area (Å²) in [5, 5.41) is 8.76. The molecule has 2 N–H and O–H groups in total. The zero-order chi connectivity index (χ0) is 21.9. The summed E-state index contributed by atoms with van der Waals surface area (Å²) in [5.74, 6) is 0.617. The Balaban J connectivity index is 2.01. The Morgan fingerprint density at radius 3 is 2.23 bits per heavy atom. The maximum Gasteiger partial charge on any atom is 0.435 e. The van der Waals surface area contributed by atoms with Gasteiger partial charge in [0.1, 0.15) is 5.75 Å². The third-order valence-electron chi connectivity index (χ3n) is 4.33. The van der Waals surface area contributed by atoms with Crippen molar-refractivity contribution in [3.05, 3.63) is 60.3 Å². The highest BCUT2D eigenvalue weighted by atomic mass is 32.2. The van der Waals surface area contributed by atoms with E-state index in [1.807, 2.05) is 6.92 Å². The molecule has 0 unspecified atom stereocenters. The Morgan fingerprint density at radius 1 is 1.07 bits per heavy atom. The first kappa shape index (κ1) is 21.8. The van der Waals surface area contributed by atoms with Gasteiger partial charge in [-0.3, -0.25) is 0 Å². The van der Waals surface area contributed by atoms with Crippen molar-refractivity contribution in [3.63, 3.8) is 0 Å². The average molecular weight is 439 g/mol. The Bertz CT molecular complexity index is 1110. The number of alkyl halides is 3. The number of nitrogens with zero attached hydrogens (tertiary/aromatic N) is 2. The van der Waals surface area contributed by atoms with Crippen LogP contribution in [0, 0.1) is 0 Å². The van der Waals surface area contributed by atoms with E-state index >= 15 is 0 Å². The molecule has 0 bridgehead atoms. The Kier molecular flexibility index (Phi) is 6.18. The average Bonchev–Trinajstić information content (AvgIpc) is 3.14. The van der Waals surface area contributed by atoms with Crippen LogP contribution in [-0.4, -0.2) is 24.8 Å². The molecule has 1 aromatic heterocycles. The minimum absolute atomic E-state index is 0.149. The fourth-order valence-corrected chi connectivity index (χ4v) is 3.27. The van der Waals surface area contributed by atoms with Crippen molar-refractivity contribution in [3.8, 4) is 22.7 Å². The highest BCUT2D eigenvalue weighted by Crippen LogP contribution is 2.33. The summed E-state index contributed by atoms with van der Waals surface area (Å²) < 4.78 is 69.4. The summed E-state index contributed by atoms with van der Waals surface area (Å²) in [6.45, 7) is 2.60. The lowest BCUT2D eigenvalue weighted by molar-refractivity contribution is -0.141. The number of hydrogen-bond donors (Lipinski definition) is 1. The zero-order valence-electron chi connectivity index (χ0n) is 16.1. The summed E-state index contributed by atoms with van der Waals surface area (Å²) in [5.41, 5.74) is -0.102. The molecule has 0 saturated carbocycles. The van der Waals surface area contributed by atoms with Gasteiger partial charge in [-0.2, -0.15) is 18.3 Å². The van der Waals surface area contributed by atoms with Gasteiger partial charge in [-0.05, 0) is 61.0 Å². The van der Waals surface area contributed by atoms with Crippen molar-refractivity contribution in [2.24, 2.45) is 5.14 Å². The van der Waals surface area contributed by atoms with Crippen LogP contribution in [0.4, 0.5) is 13.2 Å². The van der Waals surface area contributed by atoms with Crippen molar-refractivity contribution >= 4 is 10.0 Å². The Labute approximate surface area is 172 Å². The standard InChI is InChI=1S/C20H20F3N3O3S/c1-2-3-12-29-16-8-4-14(5-9-16)18-13-19(20(21,22)23)25-26(18)15-6-10-17(11-7-15)30(24,27)28/h4-11,13H,2-3,12H2,1H3,(H2,24,27,28). The molecule has 10 heteroatoms. The summed E-state index contributed by atoms with van der Waals surface area (Å²) >= 11 is 0. The molecular weight excluding hydrogens is 419 g/mol. The van der Waals surface area contributed by atoms with Crippen LogP contribution in [0.3, 0.4) is 0 Å². The number of unbranched alkanes of at least 4 members (excludes halogenated alkanes) is 1. The van der Waals surface area contributed by atoms with E-state index in [1.165, 1.54) is 24.3 Å². The molecule has 0 spiro atoms. The van der Waals surface area contributed by atoms with Crippen LogP contribution in [-0.2, 0) is 16.2 Å². The molecule has 3 aromatic rings. The zero-order valence-corrected chi connectivity index (χ0v) is 16.9. The van der Waals surface area contributed by atoms with Crippen LogP contribution in [0.1, 0.15) is 25.5 Å². The molecule has 160 valence electrons. The third-order valence-corrected chi connectivity index (χ3v) is 5.26. The van der Waals surface area contributed by atoms with Crippen LogP contribution >= 0.6 is 0 Å². The van der Waals surface area contributed by atoms with Gasteiger partial charge in [0.05, 0.1) is 22.9 Å². The monoisotopic (exact) mass is 439 g/mol. The van der Waals surface area contributed by atoms with E-state index in [1.54, 1.807) is 24.3 Å². The molecule has 0 radical (unpaired) electrons. The van der Waals surface area contributed by atoms with E-state index in [0.29, 0.717) is 17.9 Å². The molecule has 0 aliphatic rings. The van der Waals surface area contributed by atoms with Crippen molar-refractivity contribution in [2.45, 2.75) is 30.8 Å². The van der Waals surface area contributed by atoms with Gasteiger partial charge in [-0.1, -0.05) is 13.3 Å². The fraction of sp³-hybridized carbons (Fsp3) is 0.250. The van der Waals surface area contributed by atoms with Crippen molar-refractivity contribution in [1.82, 2.24) is 9.78 Å². The fourth-order valence-electron chi connectivity index (χ4n) is 2.76. The number of nitrogens with two attached hydrogens (primary N) is 1. The number of sulfonamides is 1. The van der Waals surface area contributed by atoms with Crippen LogP contribution in [0.5, 0.6) is 5.75 Å². The second-order valence-corrected chi connectivity index (χ2v) is 8.15. The molecule has 0 aliphatic heterocycles. The molecule has 6 nitrogen and oxygen atoms in total. The second-order valence-electron chi connectivity index (χ2n) is 6.59. The summed E-state index contributed by atoms with van der Waals surface area (Å²) in [6.07, 6.45) is -2.75. The number of aromatic nitrogens is 2. The largest absolute Gasteiger partial charge is 0.494 e. The second kappa shape index (κ2) is 8.49. The predicted molar refractivity (Wildman–Crippen MR) is 106 cm³/mol. The van der Waals surface area contributed by atoms with Gasteiger partial charge in [0.2, 0.25) is 10.0 Å². The quantitative estimate of drug-likeness (QED) is 0.554. The first-order chi connectivity index (χ1) is 14.1. The first-order valence-corrected chi connectivity index (χ1v) is 10.7. The molecule has 1 heterocycles. The van der Waals surface area contributed by atoms with Crippen LogP contribution in [0.25, 0.3) is 16.9 Å². The molecule has 30 heavy (non-hydrogen) atoms. The smallest absolute Gasteiger partial charge is 0.435 e. The van der Waals surface area contributed by atoms with E-state index in [4.69, 9.17) is 9.88 Å². The van der Waals surface area contributed by atoms with Crippen LogP contribution < -0.4 is 9.88 Å². The predicted octanol–water partition coefficient (Wildman–Crippen LogP) is 4.38. The van der Waals surface area contributed by atoms with Gasteiger partial charge >= 0.3 is 6.18 Å². The lowest BCUT2D eigenvalue weighted by Gasteiger charge is -2.10. The van der Waals surface area contributed by atoms with Gasteiger partial charge in [0, 0.05) is 5.56 Å². The molecular formula is C20H20F3N3O3S. The topological polar surface area (TPSA) is 87.2 Å². The maximum atomic E-state index is 13.3. The number of primary sulfonamides is 1. The SMILES string of the molecule is CCCCOc1ccc(-c2cc(C(F)(F)F)nn2-c2ccc(S(N)(=O)=O)cc2)cc1. The number of benzene rings is 2. The minimum atomic E-state index is -4.64. The molecule has 0 saturated heterocycles. The molecule has 2 aromatic carbocycles. The molecule has 0 aliphatic carbocycles. The highest BCUT2D eigenvalue weighted by Gasteiger charge is 2.35.